The van der Waals surface area contributed by atoms with Crippen LogP contribution in [0.3, 0.4) is 0 Å². The van der Waals surface area contributed by atoms with Gasteiger partial charge in [-0.2, -0.15) is 13.2 Å². The van der Waals surface area contributed by atoms with Crippen LogP contribution < -0.4 is 5.32 Å². The van der Waals surface area contributed by atoms with Crippen molar-refractivity contribution in [2.45, 2.75) is 25.2 Å². The van der Waals surface area contributed by atoms with Gasteiger partial charge in [0.05, 0.1) is 11.6 Å². The molecule has 178 valence electrons. The Kier molecular flexibility index (Phi) is 5.39. The van der Waals surface area contributed by atoms with E-state index in [1.54, 1.807) is 19.1 Å². The summed E-state index contributed by atoms with van der Waals surface area (Å²) in [5.74, 6) is -0.874. The molecule has 0 aliphatic carbocycles. The predicted octanol–water partition coefficient (Wildman–Crippen LogP) is 5.77. The van der Waals surface area contributed by atoms with Crippen molar-refractivity contribution in [3.05, 3.63) is 101 Å². The number of carbonyl (C=O) groups is 2. The number of hydrogen-bond acceptors (Lipinski definition) is 2. The Hall–Kier alpha value is -4.07. The Morgan fingerprint density at radius 3 is 2.46 bits per heavy atom. The van der Waals surface area contributed by atoms with Crippen molar-refractivity contribution in [2.24, 2.45) is 7.05 Å². The van der Waals surface area contributed by atoms with Crippen LogP contribution in [0.4, 0.5) is 18.9 Å². The van der Waals surface area contributed by atoms with E-state index >= 15 is 0 Å². The van der Waals surface area contributed by atoms with Crippen LogP contribution in [0, 0.1) is 0 Å². The number of anilines is 1. The topological polar surface area (TPSA) is 54.3 Å². The first-order valence-corrected chi connectivity index (χ1v) is 11.1. The van der Waals surface area contributed by atoms with Crippen LogP contribution in [0.2, 0.25) is 0 Å². The van der Waals surface area contributed by atoms with E-state index in [0.717, 1.165) is 34.2 Å². The lowest BCUT2D eigenvalue weighted by Crippen LogP contribution is -2.44. The summed E-state index contributed by atoms with van der Waals surface area (Å²) in [7, 11) is 1.92. The van der Waals surface area contributed by atoms with E-state index in [4.69, 9.17) is 0 Å². The lowest BCUT2D eigenvalue weighted by Gasteiger charge is -2.30. The molecule has 5 rings (SSSR count). The first kappa shape index (κ1) is 22.7. The summed E-state index contributed by atoms with van der Waals surface area (Å²) >= 11 is 0. The lowest BCUT2D eigenvalue weighted by molar-refractivity contribution is -0.137. The molecule has 0 fully saturated rings. The lowest BCUT2D eigenvalue weighted by atomic mass is 9.97. The normalized spacial score (nSPS) is 16.4. The molecule has 0 saturated carbocycles. The Labute approximate surface area is 199 Å². The summed E-state index contributed by atoms with van der Waals surface area (Å²) in [6.07, 6.45) is -2.58. The molecule has 8 heteroatoms. The summed E-state index contributed by atoms with van der Waals surface area (Å²) in [4.78, 5) is 28.2. The van der Waals surface area contributed by atoms with E-state index in [2.05, 4.69) is 5.32 Å². The minimum atomic E-state index is -4.53. The number of nitrogens with one attached hydrogen (secondary N) is 1. The number of alkyl halides is 3. The highest BCUT2D eigenvalue weighted by Gasteiger charge is 2.43. The van der Waals surface area contributed by atoms with Gasteiger partial charge in [-0.05, 0) is 42.8 Å². The summed E-state index contributed by atoms with van der Waals surface area (Å²) in [6, 6.07) is 18.0. The maximum Gasteiger partial charge on any atom is 0.416 e. The number of fused-ring (bicyclic) bond motifs is 2. The van der Waals surface area contributed by atoms with Gasteiger partial charge in [-0.3, -0.25) is 9.59 Å². The molecular weight excluding hydrogens is 455 g/mol. The highest BCUT2D eigenvalue weighted by atomic mass is 19.4. The molecule has 0 bridgehead atoms. The Morgan fingerprint density at radius 1 is 0.971 bits per heavy atom. The van der Waals surface area contributed by atoms with Gasteiger partial charge >= 0.3 is 6.18 Å². The van der Waals surface area contributed by atoms with Crippen LogP contribution in [0.25, 0.3) is 10.9 Å². The van der Waals surface area contributed by atoms with Crippen LogP contribution in [-0.4, -0.2) is 27.3 Å². The van der Waals surface area contributed by atoms with Gasteiger partial charge in [0.2, 0.25) is 5.91 Å². The fraction of sp³-hybridized carbons (Fsp3) is 0.185. The molecule has 2 atom stereocenters. The average Bonchev–Trinajstić information content (AvgIpc) is 3.32. The van der Waals surface area contributed by atoms with Gasteiger partial charge in [0.1, 0.15) is 6.04 Å². The van der Waals surface area contributed by atoms with E-state index in [1.165, 1.54) is 17.0 Å². The van der Waals surface area contributed by atoms with Crippen molar-refractivity contribution >= 4 is 28.4 Å². The molecule has 5 nitrogen and oxygen atoms in total. The number of carbonyl (C=O) groups excluding carboxylic acids is 2. The molecule has 1 aliphatic heterocycles. The average molecular weight is 477 g/mol. The zero-order chi connectivity index (χ0) is 24.9. The molecule has 1 N–H and O–H groups in total. The first-order valence-electron chi connectivity index (χ1n) is 11.1. The maximum absolute atomic E-state index is 13.5. The quantitative estimate of drug-likeness (QED) is 0.406. The minimum absolute atomic E-state index is 0.0162. The van der Waals surface area contributed by atoms with Gasteiger partial charge < -0.3 is 14.8 Å². The van der Waals surface area contributed by atoms with E-state index in [0.29, 0.717) is 5.56 Å². The number of nitrogens with zero attached hydrogens (tertiary/aromatic N) is 2. The molecule has 35 heavy (non-hydrogen) atoms. The molecular formula is C27H22F3N3O2. The second-order valence-electron chi connectivity index (χ2n) is 8.66. The number of para-hydroxylation sites is 1. The van der Waals surface area contributed by atoms with Crippen molar-refractivity contribution in [3.8, 4) is 0 Å². The summed E-state index contributed by atoms with van der Waals surface area (Å²) in [5, 5.41) is 3.51. The molecule has 3 aromatic carbocycles. The minimum Gasteiger partial charge on any atom is -0.350 e. The molecule has 1 aromatic heterocycles. The molecule has 2 heterocycles. The standard InChI is InChI=1S/C27H22F3N3O2/c1-16(25(34)31-18-9-7-8-17(14-18)27(28,29)30)33-24(20-11-3-4-12-21(20)26(33)35)22-15-32(2)23-13-6-5-10-19(22)23/h3-16,24H,1-2H3,(H,31,34). The molecule has 0 saturated heterocycles. The van der Waals surface area contributed by atoms with Gasteiger partial charge in [-0.15, -0.1) is 0 Å². The summed E-state index contributed by atoms with van der Waals surface area (Å²) < 4.78 is 41.3. The van der Waals surface area contributed by atoms with Crippen LogP contribution in [0.1, 0.15) is 40.0 Å². The van der Waals surface area contributed by atoms with E-state index < -0.39 is 29.7 Å². The van der Waals surface area contributed by atoms with Gasteiger partial charge in [0.15, 0.2) is 0 Å². The van der Waals surface area contributed by atoms with Crippen molar-refractivity contribution in [3.63, 3.8) is 0 Å². The SMILES string of the molecule is CC(C(=O)Nc1cccc(C(F)(F)F)c1)N1C(=O)c2ccccc2C1c1cn(C)c2ccccc12. The van der Waals surface area contributed by atoms with E-state index in [1.807, 2.05) is 54.2 Å². The van der Waals surface area contributed by atoms with Gasteiger partial charge in [0.25, 0.3) is 5.91 Å². The Bertz CT molecular complexity index is 1460. The predicted molar refractivity (Wildman–Crippen MR) is 127 cm³/mol. The third-order valence-corrected chi connectivity index (χ3v) is 6.47. The van der Waals surface area contributed by atoms with Crippen molar-refractivity contribution < 1.29 is 22.8 Å². The number of halogens is 3. The summed E-state index contributed by atoms with van der Waals surface area (Å²) in [5.41, 5.74) is 2.31. The zero-order valence-electron chi connectivity index (χ0n) is 19.0. The van der Waals surface area contributed by atoms with E-state index in [9.17, 15) is 22.8 Å². The van der Waals surface area contributed by atoms with Crippen LogP contribution in [0.5, 0.6) is 0 Å². The number of amides is 2. The van der Waals surface area contributed by atoms with Crippen molar-refractivity contribution in [1.82, 2.24) is 9.47 Å². The first-order chi connectivity index (χ1) is 16.7. The largest absolute Gasteiger partial charge is 0.416 e. The fourth-order valence-corrected chi connectivity index (χ4v) is 4.79. The van der Waals surface area contributed by atoms with Crippen molar-refractivity contribution in [2.75, 3.05) is 5.32 Å². The Balaban J connectivity index is 1.53. The van der Waals surface area contributed by atoms with Gasteiger partial charge in [-0.25, -0.2) is 0 Å². The molecule has 0 spiro atoms. The second-order valence-corrected chi connectivity index (χ2v) is 8.66. The monoisotopic (exact) mass is 477 g/mol. The van der Waals surface area contributed by atoms with Gasteiger partial charge in [0, 0.05) is 41.0 Å². The molecule has 4 aromatic rings. The number of rotatable bonds is 4. The molecule has 2 unspecified atom stereocenters. The fourth-order valence-electron chi connectivity index (χ4n) is 4.79. The van der Waals surface area contributed by atoms with Crippen LogP contribution in [0.15, 0.2) is 79.0 Å². The van der Waals surface area contributed by atoms with Gasteiger partial charge in [-0.1, -0.05) is 42.5 Å². The number of aryl methyl sites for hydroxylation is 1. The zero-order valence-corrected chi connectivity index (χ0v) is 19.0. The Morgan fingerprint density at radius 2 is 1.69 bits per heavy atom. The molecule has 0 radical (unpaired) electrons. The maximum atomic E-state index is 13.5. The highest BCUT2D eigenvalue weighted by molar-refractivity contribution is 6.05. The second kappa shape index (κ2) is 8.30. The number of aromatic nitrogens is 1. The smallest absolute Gasteiger partial charge is 0.350 e. The third kappa shape index (κ3) is 3.84. The van der Waals surface area contributed by atoms with Crippen molar-refractivity contribution in [1.29, 1.82) is 0 Å². The summed E-state index contributed by atoms with van der Waals surface area (Å²) in [6.45, 7) is 1.59. The number of hydrogen-bond donors (Lipinski definition) is 1. The molecule has 2 amide bonds. The third-order valence-electron chi connectivity index (χ3n) is 6.47. The molecule has 1 aliphatic rings. The van der Waals surface area contributed by atoms with E-state index in [-0.39, 0.29) is 11.6 Å². The van der Waals surface area contributed by atoms with Crippen LogP contribution in [-0.2, 0) is 18.0 Å². The van der Waals surface area contributed by atoms with Crippen LogP contribution >= 0.6 is 0 Å². The highest BCUT2D eigenvalue weighted by Crippen LogP contribution is 2.43. The number of benzene rings is 3.